The molecule has 0 saturated carbocycles. The van der Waals surface area contributed by atoms with E-state index in [0.717, 1.165) is 28.1 Å². The number of allylic oxidation sites excluding steroid dienone is 1. The van der Waals surface area contributed by atoms with Gasteiger partial charge in [0.25, 0.3) is 0 Å². The monoisotopic (exact) mass is 636 g/mol. The summed E-state index contributed by atoms with van der Waals surface area (Å²) >= 11 is 1.41. The normalized spacial score (nSPS) is 14.8. The van der Waals surface area contributed by atoms with Crippen LogP contribution in [-0.4, -0.2) is 51.7 Å². The maximum Gasteiger partial charge on any atom is 0.573 e. The lowest BCUT2D eigenvalue weighted by Gasteiger charge is -2.22. The molecule has 1 aromatic heterocycles. The number of nitrogens with zero attached hydrogens (tertiary/aromatic N) is 5. The van der Waals surface area contributed by atoms with Crippen LogP contribution >= 0.6 is 11.8 Å². The predicted molar refractivity (Wildman–Crippen MR) is 170 cm³/mol. The number of hydrogen-bond acceptors (Lipinski definition) is 8. The van der Waals surface area contributed by atoms with Crippen molar-refractivity contribution in [1.82, 2.24) is 20.1 Å². The van der Waals surface area contributed by atoms with Gasteiger partial charge in [0, 0.05) is 17.3 Å². The minimum Gasteiger partial charge on any atom is -0.497 e. The smallest absolute Gasteiger partial charge is 0.497 e. The highest BCUT2D eigenvalue weighted by molar-refractivity contribution is 8.15. The summed E-state index contributed by atoms with van der Waals surface area (Å²) < 4.78 is 48.1. The van der Waals surface area contributed by atoms with Crippen LogP contribution in [0.1, 0.15) is 37.8 Å². The topological polar surface area (TPSA) is 93.9 Å². The number of amides is 1. The van der Waals surface area contributed by atoms with Gasteiger partial charge in [-0.2, -0.15) is 0 Å². The first-order valence-electron chi connectivity index (χ1n) is 14.0. The third-order valence-corrected chi connectivity index (χ3v) is 7.78. The summed E-state index contributed by atoms with van der Waals surface area (Å²) in [6, 6.07) is 18.8. The molecule has 45 heavy (non-hydrogen) atoms. The average molecular weight is 637 g/mol. The molecule has 0 aliphatic carbocycles. The lowest BCUT2D eigenvalue weighted by molar-refractivity contribution is -0.274. The molecule has 1 saturated heterocycles. The summed E-state index contributed by atoms with van der Waals surface area (Å²) in [5.74, 6) is 1.36. The third-order valence-electron chi connectivity index (χ3n) is 6.82. The lowest BCUT2D eigenvalue weighted by Crippen LogP contribution is -2.31. The van der Waals surface area contributed by atoms with Crippen molar-refractivity contribution in [2.24, 2.45) is 4.99 Å². The van der Waals surface area contributed by atoms with Gasteiger partial charge < -0.3 is 14.8 Å². The second-order valence-electron chi connectivity index (χ2n) is 10.4. The number of anilines is 1. The van der Waals surface area contributed by atoms with E-state index in [2.05, 4.69) is 39.0 Å². The van der Waals surface area contributed by atoms with Gasteiger partial charge in [-0.1, -0.05) is 55.9 Å². The zero-order chi connectivity index (χ0) is 32.1. The average Bonchev–Trinajstić information content (AvgIpc) is 3.64. The van der Waals surface area contributed by atoms with Gasteiger partial charge in [0.1, 0.15) is 24.5 Å². The number of methoxy groups -OCH3 is 1. The Morgan fingerprint density at radius 2 is 1.80 bits per heavy atom. The minimum atomic E-state index is -4.75. The van der Waals surface area contributed by atoms with Crippen LogP contribution in [-0.2, 0) is 4.79 Å². The van der Waals surface area contributed by atoms with Crippen LogP contribution in [0.4, 0.5) is 18.9 Å². The Bertz CT molecular complexity index is 1720. The van der Waals surface area contributed by atoms with Crippen LogP contribution in [0, 0.1) is 0 Å². The zero-order valence-electron chi connectivity index (χ0n) is 25.0. The Kier molecular flexibility index (Phi) is 9.47. The molecule has 0 radical (unpaired) electrons. The second kappa shape index (κ2) is 13.5. The van der Waals surface area contributed by atoms with Crippen molar-refractivity contribution in [3.63, 3.8) is 0 Å². The van der Waals surface area contributed by atoms with Crippen LogP contribution in [0.25, 0.3) is 23.2 Å². The van der Waals surface area contributed by atoms with Crippen LogP contribution in [0.3, 0.4) is 0 Å². The van der Waals surface area contributed by atoms with Crippen LogP contribution in [0.2, 0.25) is 0 Å². The highest BCUT2D eigenvalue weighted by Gasteiger charge is 2.32. The lowest BCUT2D eigenvalue weighted by atomic mass is 10.00. The van der Waals surface area contributed by atoms with Crippen LogP contribution in [0.15, 0.2) is 83.7 Å². The van der Waals surface area contributed by atoms with Crippen molar-refractivity contribution in [2.75, 3.05) is 24.4 Å². The molecule has 1 aliphatic rings. The highest BCUT2D eigenvalue weighted by Crippen LogP contribution is 2.36. The van der Waals surface area contributed by atoms with Gasteiger partial charge in [-0.3, -0.25) is 9.69 Å². The molecule has 234 valence electrons. The summed E-state index contributed by atoms with van der Waals surface area (Å²) in [4.78, 5) is 23.6. The Balaban J connectivity index is 1.22. The van der Waals surface area contributed by atoms with E-state index < -0.39 is 6.36 Å². The van der Waals surface area contributed by atoms with E-state index in [1.165, 1.54) is 47.0 Å². The molecule has 5 rings (SSSR count). The third kappa shape index (κ3) is 7.85. The number of carbonyl (C=O) groups is 1. The summed E-state index contributed by atoms with van der Waals surface area (Å²) in [6.07, 6.45) is -1.28. The molecule has 13 heteroatoms. The number of aliphatic imine (C=N–C) groups is 1. The predicted octanol–water partition coefficient (Wildman–Crippen LogP) is 7.01. The number of benzene rings is 3. The molecular weight excluding hydrogens is 605 g/mol. The Labute approximate surface area is 262 Å². The molecule has 0 unspecified atom stereocenters. The number of aromatic nitrogens is 3. The van der Waals surface area contributed by atoms with E-state index in [-0.39, 0.29) is 24.2 Å². The Hall–Kier alpha value is -4.78. The Morgan fingerprint density at radius 1 is 1.09 bits per heavy atom. The molecule has 0 bridgehead atoms. The molecule has 9 nitrogen and oxygen atoms in total. The van der Waals surface area contributed by atoms with Crippen molar-refractivity contribution < 1.29 is 27.4 Å². The number of rotatable bonds is 10. The molecule has 1 amide bonds. The van der Waals surface area contributed by atoms with E-state index >= 15 is 0 Å². The molecule has 1 N–H and O–H groups in total. The summed E-state index contributed by atoms with van der Waals surface area (Å²) in [5, 5.41) is 8.37. The van der Waals surface area contributed by atoms with E-state index in [0.29, 0.717) is 28.2 Å². The van der Waals surface area contributed by atoms with Gasteiger partial charge in [-0.15, -0.1) is 18.3 Å². The molecule has 0 atom stereocenters. The first kappa shape index (κ1) is 31.6. The van der Waals surface area contributed by atoms with Crippen LogP contribution < -0.4 is 19.7 Å². The molecule has 3 aromatic carbocycles. The number of nitrogens with one attached hydrogen (secondary N) is 1. The number of ether oxygens (including phenoxy) is 2. The first-order chi connectivity index (χ1) is 21.5. The number of alkyl halides is 3. The standard InChI is InChI=1S/C32H31F3N6O3S/c1-20(2)27-14-13-26(43-4)16-28(27)41-29(42)17-45-31(41)37-18-36-21(3)15-22-5-7-23(8-6-22)30-38-19-40(39-30)24-9-11-25(12-10-24)44-32(33,34)35/h5-16,19-20,36H,17-18H2,1-4H3/b21-15+,37-31?. The van der Waals surface area contributed by atoms with Crippen molar-refractivity contribution in [3.8, 4) is 28.6 Å². The fourth-order valence-corrected chi connectivity index (χ4v) is 5.50. The fraction of sp³-hybridized carbons (Fsp3) is 0.250. The van der Waals surface area contributed by atoms with Crippen LogP contribution in [0.5, 0.6) is 11.5 Å². The second-order valence-corrected chi connectivity index (χ2v) is 11.3. The number of amidine groups is 1. The summed E-state index contributed by atoms with van der Waals surface area (Å²) in [5.41, 5.74) is 4.99. The van der Waals surface area contributed by atoms with Gasteiger partial charge in [0.15, 0.2) is 11.0 Å². The Morgan fingerprint density at radius 3 is 2.47 bits per heavy atom. The number of thioether (sulfide) groups is 1. The van der Waals surface area contributed by atoms with E-state index in [4.69, 9.17) is 4.74 Å². The van der Waals surface area contributed by atoms with Crippen molar-refractivity contribution >= 4 is 34.6 Å². The molecule has 1 fully saturated rings. The maximum absolute atomic E-state index is 12.9. The van der Waals surface area contributed by atoms with Gasteiger partial charge in [-0.05, 0) is 60.4 Å². The maximum atomic E-state index is 12.9. The van der Waals surface area contributed by atoms with Gasteiger partial charge in [0.05, 0.1) is 24.2 Å². The molecule has 2 heterocycles. The molecule has 0 spiro atoms. The molecular formula is C32H31F3N6O3S. The molecule has 1 aliphatic heterocycles. The minimum absolute atomic E-state index is 0.0194. The zero-order valence-corrected chi connectivity index (χ0v) is 25.8. The SMILES string of the molecule is COc1ccc(C(C)C)c(N2C(=O)CSC2=NCN/C(C)=C/c2ccc(-c3ncn(-c4ccc(OC(F)(F)F)cc4)n3)cc2)c1. The molecule has 4 aromatic rings. The van der Waals surface area contributed by atoms with E-state index in [1.54, 1.807) is 12.0 Å². The van der Waals surface area contributed by atoms with Crippen molar-refractivity contribution in [3.05, 3.63) is 89.9 Å². The van der Waals surface area contributed by atoms with Gasteiger partial charge in [-0.25, -0.2) is 14.7 Å². The fourth-order valence-electron chi connectivity index (χ4n) is 4.63. The first-order valence-corrected chi connectivity index (χ1v) is 15.0. The quantitative estimate of drug-likeness (QED) is 0.200. The van der Waals surface area contributed by atoms with Gasteiger partial charge >= 0.3 is 6.36 Å². The van der Waals surface area contributed by atoms with Gasteiger partial charge in [0.2, 0.25) is 5.91 Å². The van der Waals surface area contributed by atoms with Crippen molar-refractivity contribution in [2.45, 2.75) is 33.1 Å². The van der Waals surface area contributed by atoms with E-state index in [9.17, 15) is 18.0 Å². The number of hydrogen-bond donors (Lipinski definition) is 1. The van der Waals surface area contributed by atoms with E-state index in [1.807, 2.05) is 55.5 Å². The number of halogens is 3. The number of carbonyl (C=O) groups excluding carboxylic acids is 1. The largest absolute Gasteiger partial charge is 0.573 e. The summed E-state index contributed by atoms with van der Waals surface area (Å²) in [6.45, 7) is 6.40. The van der Waals surface area contributed by atoms with Crippen molar-refractivity contribution in [1.29, 1.82) is 0 Å². The summed E-state index contributed by atoms with van der Waals surface area (Å²) in [7, 11) is 1.60. The highest BCUT2D eigenvalue weighted by atomic mass is 32.2.